The average molecular weight is 428 g/mol. The summed E-state index contributed by atoms with van der Waals surface area (Å²) in [5.41, 5.74) is 5.39. The minimum absolute atomic E-state index is 0.0148. The summed E-state index contributed by atoms with van der Waals surface area (Å²) in [6.45, 7) is 3.35. The van der Waals surface area contributed by atoms with Crippen molar-refractivity contribution in [1.29, 1.82) is 0 Å². The summed E-state index contributed by atoms with van der Waals surface area (Å²) in [5.74, 6) is 0.665. The van der Waals surface area contributed by atoms with E-state index in [9.17, 15) is 9.59 Å². The molecule has 2 amide bonds. The molecule has 0 radical (unpaired) electrons. The normalized spacial score (nSPS) is 18.0. The number of primary amides is 1. The molecule has 1 atom stereocenters. The summed E-state index contributed by atoms with van der Waals surface area (Å²) in [5, 5.41) is 2.97. The highest BCUT2D eigenvalue weighted by molar-refractivity contribution is 9.10. The zero-order valence-electron chi connectivity index (χ0n) is 14.4. The molecule has 138 valence electrons. The van der Waals surface area contributed by atoms with Crippen molar-refractivity contribution in [2.75, 3.05) is 31.9 Å². The lowest BCUT2D eigenvalue weighted by Crippen LogP contribution is -2.42. The van der Waals surface area contributed by atoms with Crippen LogP contribution in [0.15, 0.2) is 33.6 Å². The number of benzene rings is 1. The van der Waals surface area contributed by atoms with Gasteiger partial charge in [0.1, 0.15) is 0 Å². The van der Waals surface area contributed by atoms with E-state index in [1.54, 1.807) is 11.8 Å². The summed E-state index contributed by atoms with van der Waals surface area (Å²) in [4.78, 5) is 26.6. The van der Waals surface area contributed by atoms with Gasteiger partial charge in [0.15, 0.2) is 0 Å². The van der Waals surface area contributed by atoms with Crippen LogP contribution >= 0.6 is 27.7 Å². The lowest BCUT2D eigenvalue weighted by Gasteiger charge is -2.31. The van der Waals surface area contributed by atoms with Crippen molar-refractivity contribution in [3.63, 3.8) is 0 Å². The summed E-state index contributed by atoms with van der Waals surface area (Å²) in [6, 6.07) is 8.10. The van der Waals surface area contributed by atoms with Gasteiger partial charge in [-0.3, -0.25) is 9.59 Å². The highest BCUT2D eigenvalue weighted by Gasteiger charge is 2.23. The van der Waals surface area contributed by atoms with E-state index >= 15 is 0 Å². The molecule has 3 N–H and O–H groups in total. The van der Waals surface area contributed by atoms with Gasteiger partial charge in [-0.2, -0.15) is 0 Å². The van der Waals surface area contributed by atoms with Gasteiger partial charge in [0, 0.05) is 34.6 Å². The van der Waals surface area contributed by atoms with Crippen molar-refractivity contribution in [3.05, 3.63) is 28.7 Å². The number of carbonyl (C=O) groups excluding carboxylic acids is 2. The van der Waals surface area contributed by atoms with E-state index in [-0.39, 0.29) is 17.7 Å². The first kappa shape index (κ1) is 20.3. The molecular formula is C18H26BrN3O2S. The number of carbonyl (C=O) groups is 2. The molecule has 0 aliphatic carbocycles. The third-order valence-electron chi connectivity index (χ3n) is 4.29. The van der Waals surface area contributed by atoms with E-state index in [1.165, 1.54) is 4.90 Å². The quantitative estimate of drug-likeness (QED) is 0.469. The Morgan fingerprint density at radius 1 is 1.32 bits per heavy atom. The molecule has 0 saturated carbocycles. The maximum atomic E-state index is 11.9. The first-order valence-electron chi connectivity index (χ1n) is 8.71. The van der Waals surface area contributed by atoms with E-state index in [0.717, 1.165) is 49.1 Å². The van der Waals surface area contributed by atoms with Crippen LogP contribution in [-0.4, -0.2) is 48.6 Å². The number of thioether (sulfide) groups is 1. The topological polar surface area (TPSA) is 75.4 Å². The summed E-state index contributed by atoms with van der Waals surface area (Å²) in [7, 11) is 0. The number of halogens is 1. The van der Waals surface area contributed by atoms with Crippen molar-refractivity contribution in [3.8, 4) is 0 Å². The van der Waals surface area contributed by atoms with Crippen molar-refractivity contribution < 1.29 is 9.59 Å². The maximum Gasteiger partial charge on any atom is 0.221 e. The molecule has 25 heavy (non-hydrogen) atoms. The second-order valence-electron chi connectivity index (χ2n) is 6.30. The van der Waals surface area contributed by atoms with Gasteiger partial charge >= 0.3 is 0 Å². The average Bonchev–Trinajstić information content (AvgIpc) is 2.61. The first-order chi connectivity index (χ1) is 12.0. The molecule has 1 saturated heterocycles. The largest absolute Gasteiger partial charge is 0.369 e. The number of rotatable bonds is 9. The highest BCUT2D eigenvalue weighted by atomic mass is 79.9. The fraction of sp³-hybridized carbons (Fsp3) is 0.556. The molecule has 1 unspecified atom stereocenters. The van der Waals surface area contributed by atoms with Crippen molar-refractivity contribution >= 4 is 39.5 Å². The number of likely N-dealkylation sites (tertiary alicyclic amines) is 1. The molecule has 0 aromatic heterocycles. The molecule has 1 aliphatic heterocycles. The van der Waals surface area contributed by atoms with E-state index in [0.29, 0.717) is 13.0 Å². The van der Waals surface area contributed by atoms with Gasteiger partial charge in [-0.1, -0.05) is 15.9 Å². The molecule has 1 aliphatic rings. The zero-order chi connectivity index (χ0) is 18.1. The zero-order valence-corrected chi connectivity index (χ0v) is 16.8. The van der Waals surface area contributed by atoms with Crippen LogP contribution in [0.4, 0.5) is 0 Å². The minimum atomic E-state index is -0.193. The van der Waals surface area contributed by atoms with Crippen LogP contribution in [0.2, 0.25) is 0 Å². The van der Waals surface area contributed by atoms with Gasteiger partial charge in [0.2, 0.25) is 11.8 Å². The molecule has 0 bridgehead atoms. The van der Waals surface area contributed by atoms with Crippen LogP contribution in [0.1, 0.15) is 25.7 Å². The van der Waals surface area contributed by atoms with E-state index in [1.807, 2.05) is 24.3 Å². The standard InChI is InChI=1S/C18H26BrN3O2S/c19-15-4-6-16(7-5-15)25-12-8-17(23)21-9-2-11-22-10-1-3-14(13-22)18(20)24/h4-7,14H,1-3,8-13H2,(H2,20,24)(H,21,23). The Morgan fingerprint density at radius 3 is 2.80 bits per heavy atom. The second-order valence-corrected chi connectivity index (χ2v) is 8.38. The third kappa shape index (κ3) is 7.79. The van der Waals surface area contributed by atoms with E-state index in [4.69, 9.17) is 5.73 Å². The van der Waals surface area contributed by atoms with Crippen molar-refractivity contribution in [1.82, 2.24) is 10.2 Å². The Labute approximate surface area is 162 Å². The number of amides is 2. The van der Waals surface area contributed by atoms with Crippen molar-refractivity contribution in [2.45, 2.75) is 30.6 Å². The van der Waals surface area contributed by atoms with Gasteiger partial charge < -0.3 is 16.0 Å². The molecule has 0 spiro atoms. The summed E-state index contributed by atoms with van der Waals surface area (Å²) >= 11 is 5.10. The second kappa shape index (κ2) is 10.8. The molecule has 1 fully saturated rings. The Kier molecular flexibility index (Phi) is 8.78. The lowest BCUT2D eigenvalue weighted by molar-refractivity contribution is -0.123. The minimum Gasteiger partial charge on any atom is -0.369 e. The predicted octanol–water partition coefficient (Wildman–Crippen LogP) is 2.63. The van der Waals surface area contributed by atoms with Crippen LogP contribution in [0.3, 0.4) is 0 Å². The fourth-order valence-corrected chi connectivity index (χ4v) is 4.02. The van der Waals surface area contributed by atoms with Gasteiger partial charge in [0.05, 0.1) is 5.92 Å². The summed E-state index contributed by atoms with van der Waals surface area (Å²) < 4.78 is 1.06. The molecule has 1 aromatic carbocycles. The van der Waals surface area contributed by atoms with Crippen LogP contribution in [0.5, 0.6) is 0 Å². The molecule has 7 heteroatoms. The number of piperidine rings is 1. The summed E-state index contributed by atoms with van der Waals surface area (Å²) in [6.07, 6.45) is 3.34. The fourth-order valence-electron chi connectivity index (χ4n) is 2.90. The molecule has 5 nitrogen and oxygen atoms in total. The number of hydrogen-bond donors (Lipinski definition) is 2. The lowest BCUT2D eigenvalue weighted by atomic mass is 9.97. The van der Waals surface area contributed by atoms with E-state index < -0.39 is 0 Å². The van der Waals surface area contributed by atoms with E-state index in [2.05, 4.69) is 26.1 Å². The molecular weight excluding hydrogens is 402 g/mol. The number of nitrogens with one attached hydrogen (secondary N) is 1. The predicted molar refractivity (Wildman–Crippen MR) is 105 cm³/mol. The first-order valence-corrected chi connectivity index (χ1v) is 10.5. The number of nitrogens with two attached hydrogens (primary N) is 1. The monoisotopic (exact) mass is 427 g/mol. The van der Waals surface area contributed by atoms with Gasteiger partial charge in [0.25, 0.3) is 0 Å². The van der Waals surface area contributed by atoms with Gasteiger partial charge in [-0.15, -0.1) is 11.8 Å². The van der Waals surface area contributed by atoms with Crippen LogP contribution in [0.25, 0.3) is 0 Å². The van der Waals surface area contributed by atoms with Gasteiger partial charge in [-0.25, -0.2) is 0 Å². The highest BCUT2D eigenvalue weighted by Crippen LogP contribution is 2.21. The molecule has 2 rings (SSSR count). The number of nitrogens with zero attached hydrogens (tertiary/aromatic N) is 1. The Morgan fingerprint density at radius 2 is 2.08 bits per heavy atom. The van der Waals surface area contributed by atoms with Crippen LogP contribution in [0, 0.1) is 5.92 Å². The Bertz CT molecular complexity index is 568. The SMILES string of the molecule is NC(=O)C1CCCN(CCCNC(=O)CCSc2ccc(Br)cc2)C1. The van der Waals surface area contributed by atoms with Crippen LogP contribution < -0.4 is 11.1 Å². The van der Waals surface area contributed by atoms with Gasteiger partial charge in [-0.05, 0) is 56.6 Å². The Hall–Kier alpha value is -1.05. The molecule has 1 aromatic rings. The third-order valence-corrected chi connectivity index (χ3v) is 5.84. The number of hydrogen-bond acceptors (Lipinski definition) is 4. The smallest absolute Gasteiger partial charge is 0.221 e. The van der Waals surface area contributed by atoms with Crippen LogP contribution in [-0.2, 0) is 9.59 Å². The Balaban J connectivity index is 1.53. The molecule has 1 heterocycles. The van der Waals surface area contributed by atoms with Crippen molar-refractivity contribution in [2.24, 2.45) is 11.7 Å². The maximum absolute atomic E-state index is 11.9.